The highest BCUT2D eigenvalue weighted by atomic mass is 32.2. The Morgan fingerprint density at radius 2 is 2.03 bits per heavy atom. The third-order valence-electron chi connectivity index (χ3n) is 5.40. The van der Waals surface area contributed by atoms with Crippen molar-refractivity contribution in [2.45, 2.75) is 30.0 Å². The van der Waals surface area contributed by atoms with Gasteiger partial charge >= 0.3 is 0 Å². The van der Waals surface area contributed by atoms with Crippen LogP contribution in [0, 0.1) is 5.92 Å². The summed E-state index contributed by atoms with van der Waals surface area (Å²) in [5, 5.41) is 5.97. The van der Waals surface area contributed by atoms with Crippen LogP contribution in [0.4, 0.5) is 0 Å². The highest BCUT2D eigenvalue weighted by molar-refractivity contribution is 7.91. The molecule has 4 rings (SSSR count). The average Bonchev–Trinajstić information content (AvgIpc) is 3.42. The van der Waals surface area contributed by atoms with Gasteiger partial charge in [0.2, 0.25) is 5.91 Å². The first kappa shape index (κ1) is 20.1. The zero-order valence-electron chi connectivity index (χ0n) is 16.2. The molecule has 0 spiro atoms. The summed E-state index contributed by atoms with van der Waals surface area (Å²) >= 11 is 1.22. The molecule has 0 unspecified atom stereocenters. The van der Waals surface area contributed by atoms with Crippen LogP contribution >= 0.6 is 11.3 Å². The van der Waals surface area contributed by atoms with E-state index in [1.165, 1.54) is 26.5 Å². The van der Waals surface area contributed by atoms with Gasteiger partial charge in [-0.05, 0) is 48.2 Å². The summed E-state index contributed by atoms with van der Waals surface area (Å²) in [7, 11) is -3.49. The van der Waals surface area contributed by atoms with E-state index in [-0.39, 0.29) is 18.4 Å². The molecule has 1 aromatic carbocycles. The fourth-order valence-corrected chi connectivity index (χ4v) is 6.52. The van der Waals surface area contributed by atoms with Crippen molar-refractivity contribution in [1.82, 2.24) is 14.2 Å². The van der Waals surface area contributed by atoms with E-state index in [1.807, 2.05) is 12.1 Å². The highest BCUT2D eigenvalue weighted by Crippen LogP contribution is 2.26. The predicted octanol–water partition coefficient (Wildman–Crippen LogP) is 3.31. The summed E-state index contributed by atoms with van der Waals surface area (Å²) in [6.07, 6.45) is 4.33. The minimum Gasteiger partial charge on any atom is -0.356 e. The van der Waals surface area contributed by atoms with Crippen LogP contribution in [0.25, 0.3) is 10.9 Å². The van der Waals surface area contributed by atoms with Gasteiger partial charge in [-0.1, -0.05) is 24.3 Å². The Morgan fingerprint density at radius 3 is 2.86 bits per heavy atom. The van der Waals surface area contributed by atoms with Crippen LogP contribution in [0.15, 0.2) is 58.3 Å². The Labute approximate surface area is 175 Å². The number of fused-ring (bicyclic) bond motifs is 1. The summed E-state index contributed by atoms with van der Waals surface area (Å²) in [6, 6.07) is 13.7. The first-order valence-corrected chi connectivity index (χ1v) is 12.2. The number of amides is 1. The molecule has 1 fully saturated rings. The molecule has 1 amide bonds. The molecule has 0 saturated carbocycles. The first-order valence-electron chi connectivity index (χ1n) is 9.91. The second-order valence-corrected chi connectivity index (χ2v) is 10.5. The van der Waals surface area contributed by atoms with E-state index in [0.29, 0.717) is 23.7 Å². The number of rotatable bonds is 7. The number of benzene rings is 1. The monoisotopic (exact) mass is 431 g/mol. The molecule has 0 aliphatic carbocycles. The molecule has 0 bridgehead atoms. The summed E-state index contributed by atoms with van der Waals surface area (Å²) < 4.78 is 29.4. The SMILES string of the molecule is O=C(NCCCn1ccc2ccccc21)[C@@H]1CCCN(S(=O)(=O)c2cccs2)C1. The number of piperidine rings is 1. The Bertz CT molecular complexity index is 1070. The Balaban J connectivity index is 1.28. The summed E-state index contributed by atoms with van der Waals surface area (Å²) in [5.74, 6) is -0.334. The maximum absolute atomic E-state index is 12.7. The lowest BCUT2D eigenvalue weighted by atomic mass is 9.99. The standard InChI is InChI=1S/C21H25N3O3S2/c25-21(22-11-5-12-23-14-10-17-6-1-2-8-19(17)23)18-7-3-13-24(16-18)29(26,27)20-9-4-15-28-20/h1-2,4,6,8-10,14-15,18H,3,5,7,11-13,16H2,(H,22,25)/t18-/m1/s1. The fraction of sp³-hybridized carbons (Fsp3) is 0.381. The van der Waals surface area contributed by atoms with Crippen molar-refractivity contribution in [3.8, 4) is 0 Å². The number of carbonyl (C=O) groups is 1. The van der Waals surface area contributed by atoms with Crippen LogP contribution in [-0.4, -0.2) is 42.8 Å². The van der Waals surface area contributed by atoms with E-state index in [1.54, 1.807) is 17.5 Å². The van der Waals surface area contributed by atoms with Gasteiger partial charge < -0.3 is 9.88 Å². The minimum atomic E-state index is -3.49. The van der Waals surface area contributed by atoms with Crippen LogP contribution in [-0.2, 0) is 21.4 Å². The summed E-state index contributed by atoms with van der Waals surface area (Å²) in [6.45, 7) is 2.15. The normalized spacial score (nSPS) is 18.1. The third-order valence-corrected chi connectivity index (χ3v) is 8.64. The zero-order valence-corrected chi connectivity index (χ0v) is 17.8. The quantitative estimate of drug-likeness (QED) is 0.584. The van der Waals surface area contributed by atoms with Gasteiger partial charge in [0.05, 0.1) is 5.92 Å². The van der Waals surface area contributed by atoms with Gasteiger partial charge in [0, 0.05) is 37.9 Å². The largest absolute Gasteiger partial charge is 0.356 e. The van der Waals surface area contributed by atoms with Gasteiger partial charge in [-0.25, -0.2) is 8.42 Å². The Kier molecular flexibility index (Phi) is 6.03. The highest BCUT2D eigenvalue weighted by Gasteiger charge is 2.33. The van der Waals surface area contributed by atoms with Crippen LogP contribution < -0.4 is 5.32 Å². The second-order valence-electron chi connectivity index (χ2n) is 7.35. The van der Waals surface area contributed by atoms with Crippen molar-refractivity contribution in [1.29, 1.82) is 0 Å². The molecule has 1 atom stereocenters. The van der Waals surface area contributed by atoms with Crippen molar-refractivity contribution >= 4 is 38.2 Å². The molecule has 2 aromatic heterocycles. The minimum absolute atomic E-state index is 0.0477. The lowest BCUT2D eigenvalue weighted by molar-refractivity contribution is -0.126. The van der Waals surface area contributed by atoms with Gasteiger partial charge in [-0.15, -0.1) is 11.3 Å². The van der Waals surface area contributed by atoms with Crippen LogP contribution in [0.2, 0.25) is 0 Å². The smallest absolute Gasteiger partial charge is 0.252 e. The number of thiophene rings is 1. The number of aromatic nitrogens is 1. The van der Waals surface area contributed by atoms with Crippen molar-refractivity contribution in [3.63, 3.8) is 0 Å². The predicted molar refractivity (Wildman–Crippen MR) is 115 cm³/mol. The lowest BCUT2D eigenvalue weighted by Crippen LogP contribution is -2.45. The van der Waals surface area contributed by atoms with Crippen molar-refractivity contribution < 1.29 is 13.2 Å². The molecule has 3 aromatic rings. The fourth-order valence-electron chi connectivity index (χ4n) is 3.85. The number of hydrogen-bond donors (Lipinski definition) is 1. The number of para-hydroxylation sites is 1. The van der Waals surface area contributed by atoms with Gasteiger partial charge in [0.1, 0.15) is 4.21 Å². The number of nitrogens with zero attached hydrogens (tertiary/aromatic N) is 2. The number of sulfonamides is 1. The maximum Gasteiger partial charge on any atom is 0.252 e. The van der Waals surface area contributed by atoms with E-state index in [2.05, 4.69) is 34.3 Å². The van der Waals surface area contributed by atoms with E-state index < -0.39 is 10.0 Å². The molecule has 6 nitrogen and oxygen atoms in total. The molecule has 1 aliphatic heterocycles. The van der Waals surface area contributed by atoms with E-state index in [4.69, 9.17) is 0 Å². The number of hydrogen-bond acceptors (Lipinski definition) is 4. The lowest BCUT2D eigenvalue weighted by Gasteiger charge is -2.30. The van der Waals surface area contributed by atoms with Crippen molar-refractivity contribution in [2.75, 3.05) is 19.6 Å². The van der Waals surface area contributed by atoms with Gasteiger partial charge in [0.15, 0.2) is 0 Å². The molecular formula is C21H25N3O3S2. The molecule has 0 radical (unpaired) electrons. The van der Waals surface area contributed by atoms with Crippen molar-refractivity contribution in [3.05, 3.63) is 54.0 Å². The molecule has 1 saturated heterocycles. The average molecular weight is 432 g/mol. The third kappa shape index (κ3) is 4.39. The van der Waals surface area contributed by atoms with E-state index in [9.17, 15) is 13.2 Å². The molecular weight excluding hydrogens is 406 g/mol. The number of aryl methyl sites for hydroxylation is 1. The van der Waals surface area contributed by atoms with Crippen LogP contribution in [0.5, 0.6) is 0 Å². The molecule has 1 N–H and O–H groups in total. The molecule has 154 valence electrons. The van der Waals surface area contributed by atoms with Gasteiger partial charge in [-0.2, -0.15) is 4.31 Å². The Hall–Kier alpha value is -2.16. The summed E-state index contributed by atoms with van der Waals surface area (Å²) in [4.78, 5) is 12.6. The number of carbonyl (C=O) groups excluding carboxylic acids is 1. The van der Waals surface area contributed by atoms with Gasteiger partial charge in [0.25, 0.3) is 10.0 Å². The first-order chi connectivity index (χ1) is 14.1. The van der Waals surface area contributed by atoms with Gasteiger partial charge in [-0.3, -0.25) is 4.79 Å². The van der Waals surface area contributed by atoms with E-state index in [0.717, 1.165) is 19.4 Å². The molecule has 8 heteroatoms. The Morgan fingerprint density at radius 1 is 1.17 bits per heavy atom. The second kappa shape index (κ2) is 8.69. The van der Waals surface area contributed by atoms with E-state index >= 15 is 0 Å². The summed E-state index contributed by atoms with van der Waals surface area (Å²) in [5.41, 5.74) is 1.19. The number of nitrogens with one attached hydrogen (secondary N) is 1. The maximum atomic E-state index is 12.7. The van der Waals surface area contributed by atoms with Crippen LogP contribution in [0.1, 0.15) is 19.3 Å². The van der Waals surface area contributed by atoms with Crippen LogP contribution in [0.3, 0.4) is 0 Å². The molecule has 3 heterocycles. The molecule has 29 heavy (non-hydrogen) atoms. The zero-order chi connectivity index (χ0) is 20.3. The van der Waals surface area contributed by atoms with Crippen molar-refractivity contribution in [2.24, 2.45) is 5.92 Å². The molecule has 1 aliphatic rings. The topological polar surface area (TPSA) is 71.4 Å².